The van der Waals surface area contributed by atoms with Crippen LogP contribution in [0.2, 0.25) is 0 Å². The number of benzene rings is 1. The molecule has 1 aromatic rings. The molecule has 5 heteroatoms. The molecule has 0 aliphatic carbocycles. The third-order valence-electron chi connectivity index (χ3n) is 2.82. The number of ether oxygens (including phenoxy) is 1. The maximum atomic E-state index is 13.5. The molecule has 4 nitrogen and oxygen atoms in total. The van der Waals surface area contributed by atoms with Gasteiger partial charge in [-0.2, -0.15) is 0 Å². The largest absolute Gasteiger partial charge is 0.493 e. The monoisotopic (exact) mass is 238 g/mol. The van der Waals surface area contributed by atoms with E-state index < -0.39 is 0 Å². The van der Waals surface area contributed by atoms with Crippen LogP contribution in [0.5, 0.6) is 5.75 Å². The number of hydrogen-bond acceptors (Lipinski definition) is 3. The minimum Gasteiger partial charge on any atom is -0.493 e. The number of rotatable bonds is 2. The summed E-state index contributed by atoms with van der Waals surface area (Å²) >= 11 is 0. The van der Waals surface area contributed by atoms with Gasteiger partial charge in [-0.05, 0) is 6.07 Å². The fraction of sp³-hybridized carbons (Fsp3) is 0.417. The molecule has 1 saturated heterocycles. The highest BCUT2D eigenvalue weighted by Crippen LogP contribution is 2.28. The second-order valence-electron chi connectivity index (χ2n) is 3.92. The van der Waals surface area contributed by atoms with Crippen LogP contribution in [0.4, 0.5) is 4.39 Å². The number of carbonyl (C=O) groups excluding carboxylic acids is 1. The van der Waals surface area contributed by atoms with Crippen LogP contribution in [-0.4, -0.2) is 26.1 Å². The minimum atomic E-state index is -0.387. The van der Waals surface area contributed by atoms with Crippen molar-refractivity contribution >= 4 is 5.91 Å². The van der Waals surface area contributed by atoms with E-state index in [-0.39, 0.29) is 23.5 Å². The van der Waals surface area contributed by atoms with Gasteiger partial charge in [-0.25, -0.2) is 4.39 Å². The Morgan fingerprint density at radius 2 is 2.29 bits per heavy atom. The standard InChI is InChI=1S/C12H15FN2O2/c1-17-12-8(3-2-4-9(12)13)10-7-15-11(16)5-6-14-10/h2-4,10,14H,5-7H2,1H3,(H,15,16). The summed E-state index contributed by atoms with van der Waals surface area (Å²) in [6.07, 6.45) is 0.439. The van der Waals surface area contributed by atoms with Crippen LogP contribution < -0.4 is 15.4 Å². The summed E-state index contributed by atoms with van der Waals surface area (Å²) in [5.74, 6) is -0.140. The molecule has 1 fully saturated rings. The summed E-state index contributed by atoms with van der Waals surface area (Å²) in [5, 5.41) is 5.98. The van der Waals surface area contributed by atoms with Gasteiger partial charge >= 0.3 is 0 Å². The molecular formula is C12H15FN2O2. The van der Waals surface area contributed by atoms with Crippen molar-refractivity contribution < 1.29 is 13.9 Å². The Bertz CT molecular complexity index is 423. The summed E-state index contributed by atoms with van der Waals surface area (Å²) in [7, 11) is 1.44. The highest BCUT2D eigenvalue weighted by molar-refractivity contribution is 5.76. The summed E-state index contributed by atoms with van der Waals surface area (Å²) in [4.78, 5) is 11.2. The molecule has 1 aliphatic rings. The van der Waals surface area contributed by atoms with Crippen LogP contribution in [-0.2, 0) is 4.79 Å². The Morgan fingerprint density at radius 3 is 3.06 bits per heavy atom. The lowest BCUT2D eigenvalue weighted by Crippen LogP contribution is -2.29. The predicted molar refractivity (Wildman–Crippen MR) is 61.3 cm³/mol. The van der Waals surface area contributed by atoms with E-state index in [1.807, 2.05) is 0 Å². The first-order valence-electron chi connectivity index (χ1n) is 5.55. The first kappa shape index (κ1) is 11.9. The Labute approximate surface area is 99.2 Å². The molecule has 1 aliphatic heterocycles. The molecule has 1 amide bonds. The van der Waals surface area contributed by atoms with Crippen molar-refractivity contribution in [3.05, 3.63) is 29.6 Å². The van der Waals surface area contributed by atoms with Gasteiger partial charge in [-0.15, -0.1) is 0 Å². The van der Waals surface area contributed by atoms with Crippen molar-refractivity contribution in [1.82, 2.24) is 10.6 Å². The molecule has 0 bridgehead atoms. The van der Waals surface area contributed by atoms with Crippen LogP contribution in [0, 0.1) is 5.82 Å². The van der Waals surface area contributed by atoms with E-state index in [1.165, 1.54) is 13.2 Å². The van der Waals surface area contributed by atoms with Gasteiger partial charge in [0.05, 0.1) is 13.2 Å². The van der Waals surface area contributed by atoms with Crippen LogP contribution >= 0.6 is 0 Å². The lowest BCUT2D eigenvalue weighted by molar-refractivity contribution is -0.120. The number of nitrogens with one attached hydrogen (secondary N) is 2. The molecule has 2 N–H and O–H groups in total. The molecule has 0 spiro atoms. The number of halogens is 1. The summed E-state index contributed by atoms with van der Waals surface area (Å²) in [5.41, 5.74) is 0.731. The smallest absolute Gasteiger partial charge is 0.221 e. The van der Waals surface area contributed by atoms with Crippen molar-refractivity contribution in [2.24, 2.45) is 0 Å². The Balaban J connectivity index is 2.26. The highest BCUT2D eigenvalue weighted by Gasteiger charge is 2.21. The third-order valence-corrected chi connectivity index (χ3v) is 2.82. The maximum Gasteiger partial charge on any atom is 0.221 e. The number of para-hydroxylation sites is 1. The minimum absolute atomic E-state index is 0.00960. The molecule has 0 aromatic heterocycles. The zero-order chi connectivity index (χ0) is 12.3. The van der Waals surface area contributed by atoms with Crippen molar-refractivity contribution in [1.29, 1.82) is 0 Å². The van der Waals surface area contributed by atoms with Gasteiger partial charge in [0, 0.05) is 25.1 Å². The average molecular weight is 238 g/mol. The Kier molecular flexibility index (Phi) is 3.58. The summed E-state index contributed by atoms with van der Waals surface area (Å²) in [6.45, 7) is 1.02. The molecule has 1 unspecified atom stereocenters. The van der Waals surface area contributed by atoms with Gasteiger partial charge in [0.1, 0.15) is 0 Å². The van der Waals surface area contributed by atoms with E-state index in [0.717, 1.165) is 5.56 Å². The first-order valence-corrected chi connectivity index (χ1v) is 5.55. The molecule has 17 heavy (non-hydrogen) atoms. The molecule has 2 rings (SSSR count). The third kappa shape index (κ3) is 2.55. The molecule has 1 aromatic carbocycles. The van der Waals surface area contributed by atoms with Crippen molar-refractivity contribution in [3.8, 4) is 5.75 Å². The van der Waals surface area contributed by atoms with Gasteiger partial charge in [-0.3, -0.25) is 4.79 Å². The SMILES string of the molecule is COc1c(F)cccc1C1CNC(=O)CCN1. The molecule has 1 atom stereocenters. The first-order chi connectivity index (χ1) is 8.22. The zero-order valence-electron chi connectivity index (χ0n) is 9.63. The topological polar surface area (TPSA) is 50.4 Å². The van der Waals surface area contributed by atoms with E-state index in [4.69, 9.17) is 4.74 Å². The van der Waals surface area contributed by atoms with Gasteiger partial charge in [0.25, 0.3) is 0 Å². The molecular weight excluding hydrogens is 223 g/mol. The summed E-state index contributed by atoms with van der Waals surface area (Å²) < 4.78 is 18.6. The van der Waals surface area contributed by atoms with Gasteiger partial charge in [-0.1, -0.05) is 12.1 Å². The number of carbonyl (C=O) groups is 1. The fourth-order valence-corrected chi connectivity index (χ4v) is 1.97. The van der Waals surface area contributed by atoms with Crippen LogP contribution in [0.15, 0.2) is 18.2 Å². The summed E-state index contributed by atoms with van der Waals surface area (Å²) in [6, 6.07) is 4.68. The van der Waals surface area contributed by atoms with E-state index in [2.05, 4.69) is 10.6 Å². The number of amides is 1. The van der Waals surface area contributed by atoms with E-state index in [1.54, 1.807) is 12.1 Å². The lowest BCUT2D eigenvalue weighted by atomic mass is 10.1. The molecule has 0 radical (unpaired) electrons. The predicted octanol–water partition coefficient (Wildman–Crippen LogP) is 0.985. The zero-order valence-corrected chi connectivity index (χ0v) is 9.63. The van der Waals surface area contributed by atoms with Crippen LogP contribution in [0.25, 0.3) is 0 Å². The van der Waals surface area contributed by atoms with E-state index >= 15 is 0 Å². The van der Waals surface area contributed by atoms with Gasteiger partial charge < -0.3 is 15.4 Å². The Morgan fingerprint density at radius 1 is 1.47 bits per heavy atom. The lowest BCUT2D eigenvalue weighted by Gasteiger charge is -2.19. The molecule has 0 saturated carbocycles. The van der Waals surface area contributed by atoms with Crippen molar-refractivity contribution in [3.63, 3.8) is 0 Å². The van der Waals surface area contributed by atoms with E-state index in [9.17, 15) is 9.18 Å². The quantitative estimate of drug-likeness (QED) is 0.807. The van der Waals surface area contributed by atoms with Gasteiger partial charge in [0.15, 0.2) is 11.6 Å². The van der Waals surface area contributed by atoms with Gasteiger partial charge in [0.2, 0.25) is 5.91 Å². The van der Waals surface area contributed by atoms with E-state index in [0.29, 0.717) is 19.5 Å². The second-order valence-corrected chi connectivity index (χ2v) is 3.92. The molecule has 92 valence electrons. The number of methoxy groups -OCH3 is 1. The highest BCUT2D eigenvalue weighted by atomic mass is 19.1. The van der Waals surface area contributed by atoms with Crippen molar-refractivity contribution in [2.45, 2.75) is 12.5 Å². The molecule has 1 heterocycles. The van der Waals surface area contributed by atoms with Crippen LogP contribution in [0.1, 0.15) is 18.0 Å². The normalized spacial score (nSPS) is 20.6. The average Bonchev–Trinajstić information content (AvgIpc) is 2.54. The fourth-order valence-electron chi connectivity index (χ4n) is 1.97. The second kappa shape index (κ2) is 5.14. The Hall–Kier alpha value is -1.62. The number of hydrogen-bond donors (Lipinski definition) is 2. The van der Waals surface area contributed by atoms with Crippen LogP contribution in [0.3, 0.4) is 0 Å². The van der Waals surface area contributed by atoms with Crippen molar-refractivity contribution in [2.75, 3.05) is 20.2 Å². The maximum absolute atomic E-state index is 13.5.